The molecule has 1 aliphatic rings. The summed E-state index contributed by atoms with van der Waals surface area (Å²) in [5.41, 5.74) is 6.19. The zero-order chi connectivity index (χ0) is 18.3. The Labute approximate surface area is 144 Å². The molecule has 0 aromatic carbocycles. The molecule has 0 aliphatic carbocycles. The molecule has 0 saturated carbocycles. The number of carbonyl (C=O) groups is 1. The second-order valence-corrected chi connectivity index (χ2v) is 8.05. The molecule has 2 rings (SSSR count). The van der Waals surface area contributed by atoms with Crippen molar-refractivity contribution in [2.45, 2.75) is 59.3 Å². The van der Waals surface area contributed by atoms with Crippen LogP contribution in [0.1, 0.15) is 41.5 Å². The Morgan fingerprint density at radius 3 is 2.62 bits per heavy atom. The largest absolute Gasteiger partial charge is 0.457 e. The van der Waals surface area contributed by atoms with Crippen LogP contribution in [0.4, 0.5) is 11.4 Å². The fourth-order valence-electron chi connectivity index (χ4n) is 3.55. The number of carbonyl (C=O) groups excluding carboxylic acids is 1. The third-order valence-electron chi connectivity index (χ3n) is 4.98. The number of aromatic nitrogens is 1. The third kappa shape index (κ3) is 3.34. The number of anilines is 2. The van der Waals surface area contributed by atoms with E-state index in [-0.39, 0.29) is 17.4 Å². The van der Waals surface area contributed by atoms with Crippen molar-refractivity contribution in [2.75, 3.05) is 17.2 Å². The van der Waals surface area contributed by atoms with Crippen LogP contribution in [0.3, 0.4) is 0 Å². The van der Waals surface area contributed by atoms with Crippen molar-refractivity contribution in [3.05, 3.63) is 18.5 Å². The number of ether oxygens (including phenoxy) is 1. The van der Waals surface area contributed by atoms with Gasteiger partial charge in [0.15, 0.2) is 6.10 Å². The molecular weight excluding hydrogens is 306 g/mol. The van der Waals surface area contributed by atoms with Gasteiger partial charge in [0, 0.05) is 25.6 Å². The lowest BCUT2D eigenvalue weighted by Gasteiger charge is -2.56. The van der Waals surface area contributed by atoms with Gasteiger partial charge >= 0.3 is 5.97 Å². The minimum absolute atomic E-state index is 0.104. The molecular formula is C18H29N3O3. The second kappa shape index (κ2) is 6.24. The molecule has 2 heterocycles. The average Bonchev–Trinajstić information content (AvgIpc) is 2.42. The standard InChI is InChI=1S/C18H29N3O3/c1-11-10-21(14-7-8-20-9-13(14)19)15(17(3,4)5)16(18(11,6)23)24-12(2)22/h7-9,11,15-16,23H,10,19H2,1-6H3/t11-,15?,16+,18+/m0/s1. The monoisotopic (exact) mass is 335 g/mol. The van der Waals surface area contributed by atoms with Crippen molar-refractivity contribution in [1.29, 1.82) is 0 Å². The van der Waals surface area contributed by atoms with E-state index >= 15 is 0 Å². The molecule has 6 heteroatoms. The molecule has 0 amide bonds. The second-order valence-electron chi connectivity index (χ2n) is 8.05. The number of piperidine rings is 1. The maximum Gasteiger partial charge on any atom is 0.303 e. The van der Waals surface area contributed by atoms with Gasteiger partial charge in [-0.25, -0.2) is 0 Å². The van der Waals surface area contributed by atoms with Gasteiger partial charge in [-0.05, 0) is 18.4 Å². The quantitative estimate of drug-likeness (QED) is 0.806. The van der Waals surface area contributed by atoms with Crippen molar-refractivity contribution >= 4 is 17.3 Å². The molecule has 4 atom stereocenters. The van der Waals surface area contributed by atoms with E-state index in [1.54, 1.807) is 19.3 Å². The highest BCUT2D eigenvalue weighted by molar-refractivity contribution is 5.69. The van der Waals surface area contributed by atoms with Crippen LogP contribution < -0.4 is 10.6 Å². The first-order valence-corrected chi connectivity index (χ1v) is 8.32. The van der Waals surface area contributed by atoms with Crippen molar-refractivity contribution in [1.82, 2.24) is 4.98 Å². The van der Waals surface area contributed by atoms with E-state index in [1.807, 2.05) is 13.0 Å². The Kier molecular flexibility index (Phi) is 4.81. The number of hydrogen-bond donors (Lipinski definition) is 2. The minimum Gasteiger partial charge on any atom is -0.457 e. The van der Waals surface area contributed by atoms with Crippen molar-refractivity contribution in [3.8, 4) is 0 Å². The molecule has 0 spiro atoms. The molecule has 134 valence electrons. The van der Waals surface area contributed by atoms with Gasteiger partial charge in [-0.15, -0.1) is 0 Å². The summed E-state index contributed by atoms with van der Waals surface area (Å²) in [6.07, 6.45) is 2.66. The van der Waals surface area contributed by atoms with Gasteiger partial charge in [0.25, 0.3) is 0 Å². The third-order valence-corrected chi connectivity index (χ3v) is 4.98. The first kappa shape index (κ1) is 18.5. The highest BCUT2D eigenvalue weighted by Gasteiger charge is 2.54. The van der Waals surface area contributed by atoms with Crippen molar-refractivity contribution < 1.29 is 14.6 Å². The van der Waals surface area contributed by atoms with Crippen LogP contribution in [0.2, 0.25) is 0 Å². The van der Waals surface area contributed by atoms with Gasteiger partial charge in [0.1, 0.15) is 5.60 Å². The highest BCUT2D eigenvalue weighted by atomic mass is 16.6. The summed E-state index contributed by atoms with van der Waals surface area (Å²) < 4.78 is 5.62. The Hall–Kier alpha value is -1.82. The molecule has 6 nitrogen and oxygen atoms in total. The average molecular weight is 335 g/mol. The fourth-order valence-corrected chi connectivity index (χ4v) is 3.55. The number of nitrogens with zero attached hydrogens (tertiary/aromatic N) is 2. The fraction of sp³-hybridized carbons (Fsp3) is 0.667. The lowest BCUT2D eigenvalue weighted by molar-refractivity contribution is -0.181. The number of hydrogen-bond acceptors (Lipinski definition) is 6. The molecule has 1 aromatic rings. The normalized spacial score (nSPS) is 31.0. The van der Waals surface area contributed by atoms with E-state index in [2.05, 4.69) is 30.7 Å². The van der Waals surface area contributed by atoms with Crippen LogP contribution in [0.5, 0.6) is 0 Å². The molecule has 1 aliphatic heterocycles. The Morgan fingerprint density at radius 1 is 1.50 bits per heavy atom. The number of pyridine rings is 1. The first-order chi connectivity index (χ1) is 11.0. The van der Waals surface area contributed by atoms with Gasteiger partial charge in [-0.1, -0.05) is 27.7 Å². The van der Waals surface area contributed by atoms with Crippen LogP contribution >= 0.6 is 0 Å². The van der Waals surface area contributed by atoms with Crippen LogP contribution in [0, 0.1) is 11.3 Å². The van der Waals surface area contributed by atoms with E-state index < -0.39 is 17.7 Å². The van der Waals surface area contributed by atoms with Gasteiger partial charge in [-0.2, -0.15) is 0 Å². The van der Waals surface area contributed by atoms with Gasteiger partial charge in [0.2, 0.25) is 0 Å². The van der Waals surface area contributed by atoms with Crippen LogP contribution in [0.15, 0.2) is 18.5 Å². The smallest absolute Gasteiger partial charge is 0.303 e. The van der Waals surface area contributed by atoms with E-state index in [0.717, 1.165) is 5.69 Å². The van der Waals surface area contributed by atoms with Crippen LogP contribution in [0.25, 0.3) is 0 Å². The summed E-state index contributed by atoms with van der Waals surface area (Å²) in [5.74, 6) is -0.501. The molecule has 1 saturated heterocycles. The van der Waals surface area contributed by atoms with E-state index in [1.165, 1.54) is 6.92 Å². The SMILES string of the molecule is CC(=O)O[C@@H]1C(C(C)(C)C)N(c2ccncc2N)C[C@H](C)[C@@]1(C)O. The van der Waals surface area contributed by atoms with E-state index in [4.69, 9.17) is 10.5 Å². The summed E-state index contributed by atoms with van der Waals surface area (Å²) >= 11 is 0. The van der Waals surface area contributed by atoms with Crippen LogP contribution in [-0.2, 0) is 9.53 Å². The van der Waals surface area contributed by atoms with E-state index in [0.29, 0.717) is 12.2 Å². The zero-order valence-corrected chi connectivity index (χ0v) is 15.4. The summed E-state index contributed by atoms with van der Waals surface area (Å²) in [7, 11) is 0. The Morgan fingerprint density at radius 2 is 2.12 bits per heavy atom. The number of rotatable bonds is 2. The molecule has 1 unspecified atom stereocenters. The molecule has 1 fully saturated rings. The maximum absolute atomic E-state index is 11.7. The van der Waals surface area contributed by atoms with Crippen LogP contribution in [-0.4, -0.2) is 40.4 Å². The van der Waals surface area contributed by atoms with Gasteiger partial charge in [0.05, 0.1) is 23.6 Å². The highest BCUT2D eigenvalue weighted by Crippen LogP contribution is 2.44. The predicted molar refractivity (Wildman–Crippen MR) is 94.6 cm³/mol. The summed E-state index contributed by atoms with van der Waals surface area (Å²) in [6, 6.07) is 1.64. The van der Waals surface area contributed by atoms with Crippen molar-refractivity contribution in [2.24, 2.45) is 11.3 Å². The molecule has 1 aromatic heterocycles. The zero-order valence-electron chi connectivity index (χ0n) is 15.4. The summed E-state index contributed by atoms with van der Waals surface area (Å²) in [5, 5.41) is 11.1. The summed E-state index contributed by atoms with van der Waals surface area (Å²) in [4.78, 5) is 17.9. The van der Waals surface area contributed by atoms with Gasteiger partial charge < -0.3 is 20.5 Å². The summed E-state index contributed by atoms with van der Waals surface area (Å²) in [6.45, 7) is 11.9. The lowest BCUT2D eigenvalue weighted by atomic mass is 9.69. The minimum atomic E-state index is -1.12. The van der Waals surface area contributed by atoms with E-state index in [9.17, 15) is 9.90 Å². The molecule has 0 bridgehead atoms. The Balaban J connectivity index is 2.58. The predicted octanol–water partition coefficient (Wildman–Crippen LogP) is 2.22. The Bertz CT molecular complexity index is 610. The molecule has 0 radical (unpaired) electrons. The number of esters is 1. The number of aliphatic hydroxyl groups is 1. The molecule has 24 heavy (non-hydrogen) atoms. The molecule has 3 N–H and O–H groups in total. The number of nitrogens with two attached hydrogens (primary N) is 1. The van der Waals surface area contributed by atoms with Crippen molar-refractivity contribution in [3.63, 3.8) is 0 Å². The maximum atomic E-state index is 11.7. The van der Waals surface area contributed by atoms with Gasteiger partial charge in [-0.3, -0.25) is 9.78 Å². The topological polar surface area (TPSA) is 88.7 Å². The number of nitrogen functional groups attached to an aromatic ring is 1. The first-order valence-electron chi connectivity index (χ1n) is 8.32. The lowest BCUT2D eigenvalue weighted by Crippen LogP contribution is -2.69.